The number of carboxylic acid groups (broad SMARTS) is 1. The van der Waals surface area contributed by atoms with Crippen LogP contribution < -0.4 is 10.1 Å². The summed E-state index contributed by atoms with van der Waals surface area (Å²) in [6, 6.07) is 7.95. The number of aromatic amines is 1. The predicted octanol–water partition coefficient (Wildman–Crippen LogP) is 0.320. The number of carboxylic acids is 1. The molecule has 1 aromatic heterocycles. The Morgan fingerprint density at radius 3 is 2.38 bits per heavy atom. The molecule has 0 fully saturated rings. The SMILES string of the molecule is CSC(Cc1[nH+]c2ccccc2s1)CS(=O)(=O)O.C[N+](C)(C)CC(=O)[O-]. The predicted molar refractivity (Wildman–Crippen MR) is 104 cm³/mol. The highest BCUT2D eigenvalue weighted by Crippen LogP contribution is 2.22. The van der Waals surface area contributed by atoms with Gasteiger partial charge in [-0.3, -0.25) is 4.55 Å². The van der Waals surface area contributed by atoms with E-state index in [9.17, 15) is 18.3 Å². The fourth-order valence-corrected chi connectivity index (χ4v) is 5.27. The number of quaternary nitrogens is 1. The molecule has 1 heterocycles. The molecular weight excluding hydrogens is 396 g/mol. The van der Waals surface area contributed by atoms with Crippen molar-refractivity contribution in [3.8, 4) is 0 Å². The highest BCUT2D eigenvalue weighted by molar-refractivity contribution is 8.00. The Labute approximate surface area is 162 Å². The van der Waals surface area contributed by atoms with Crippen molar-refractivity contribution in [2.45, 2.75) is 11.7 Å². The number of thioether (sulfide) groups is 1. The number of carbonyl (C=O) groups excluding carboxylic acids is 1. The quantitative estimate of drug-likeness (QED) is 0.509. The van der Waals surface area contributed by atoms with E-state index in [2.05, 4.69) is 4.98 Å². The van der Waals surface area contributed by atoms with E-state index in [1.54, 1.807) is 32.5 Å². The van der Waals surface area contributed by atoms with Gasteiger partial charge in [0.1, 0.15) is 11.2 Å². The van der Waals surface area contributed by atoms with E-state index in [4.69, 9.17) is 4.55 Å². The number of rotatable bonds is 7. The van der Waals surface area contributed by atoms with Crippen LogP contribution in [0.2, 0.25) is 0 Å². The third-order valence-electron chi connectivity index (χ3n) is 3.14. The number of likely N-dealkylation sites (N-methyl/N-ethyl adjacent to an activating group) is 1. The summed E-state index contributed by atoms with van der Waals surface area (Å²) < 4.78 is 32.3. The third-order valence-corrected chi connectivity index (χ3v) is 6.27. The molecule has 1 atom stereocenters. The van der Waals surface area contributed by atoms with Crippen molar-refractivity contribution in [2.75, 3.05) is 39.7 Å². The van der Waals surface area contributed by atoms with E-state index < -0.39 is 16.1 Å². The molecule has 146 valence electrons. The highest BCUT2D eigenvalue weighted by Gasteiger charge is 2.21. The number of aliphatic carboxylic acids is 1. The van der Waals surface area contributed by atoms with Gasteiger partial charge in [-0.2, -0.15) is 25.2 Å². The zero-order valence-corrected chi connectivity index (χ0v) is 17.7. The lowest BCUT2D eigenvalue weighted by atomic mass is 10.3. The van der Waals surface area contributed by atoms with Crippen LogP contribution in [-0.4, -0.2) is 68.4 Å². The van der Waals surface area contributed by atoms with E-state index in [-0.39, 0.29) is 17.5 Å². The van der Waals surface area contributed by atoms with Gasteiger partial charge < -0.3 is 14.4 Å². The summed E-state index contributed by atoms with van der Waals surface area (Å²) in [7, 11) is 1.49. The van der Waals surface area contributed by atoms with Crippen LogP contribution in [0.3, 0.4) is 0 Å². The maximum absolute atomic E-state index is 10.9. The Morgan fingerprint density at radius 1 is 1.35 bits per heavy atom. The minimum absolute atomic E-state index is 0.0694. The molecule has 26 heavy (non-hydrogen) atoms. The van der Waals surface area contributed by atoms with Crippen LogP contribution in [0.4, 0.5) is 0 Å². The second kappa shape index (κ2) is 9.65. The van der Waals surface area contributed by atoms with Gasteiger partial charge >= 0.3 is 0 Å². The molecule has 2 rings (SSSR count). The van der Waals surface area contributed by atoms with Crippen molar-refractivity contribution in [1.82, 2.24) is 0 Å². The zero-order chi connectivity index (χ0) is 20.0. The van der Waals surface area contributed by atoms with Crippen LogP contribution in [0, 0.1) is 0 Å². The van der Waals surface area contributed by atoms with Gasteiger partial charge in [0.2, 0.25) is 10.5 Å². The first kappa shape index (κ1) is 22.8. The fraction of sp³-hybridized carbons (Fsp3) is 0.500. The first-order valence-electron chi connectivity index (χ1n) is 7.77. The molecule has 1 aromatic carbocycles. The number of fused-ring (bicyclic) bond motifs is 1. The molecular formula is C16H25N2O5S3+. The average molecular weight is 422 g/mol. The Morgan fingerprint density at radius 2 is 1.96 bits per heavy atom. The van der Waals surface area contributed by atoms with Crippen molar-refractivity contribution in [2.24, 2.45) is 0 Å². The van der Waals surface area contributed by atoms with Crippen LogP contribution in [0.5, 0.6) is 0 Å². The molecule has 1 unspecified atom stereocenters. The standard InChI is InChI=1S/C11H13NO3S3.C5H11NO2/c1-16-8(7-18(13,14)15)6-11-12-9-4-2-3-5-10(9)17-11;1-6(2,3)4-5(7)8/h2-5,8H,6-7H2,1H3,(H,13,14,15);4H2,1-3H3/p+1. The van der Waals surface area contributed by atoms with E-state index in [1.807, 2.05) is 30.5 Å². The molecule has 7 nitrogen and oxygen atoms in total. The summed E-state index contributed by atoms with van der Waals surface area (Å²) >= 11 is 3.07. The Kier molecular flexibility index (Phi) is 8.48. The minimum atomic E-state index is -3.92. The molecule has 0 spiro atoms. The molecule has 0 amide bonds. The lowest BCUT2D eigenvalue weighted by molar-refractivity contribution is -0.864. The number of para-hydroxylation sites is 1. The summed E-state index contributed by atoms with van der Waals surface area (Å²) in [5.41, 5.74) is 1.06. The summed E-state index contributed by atoms with van der Waals surface area (Å²) in [5.74, 6) is -1.21. The largest absolute Gasteiger partial charge is 0.544 e. The van der Waals surface area contributed by atoms with Gasteiger partial charge in [-0.05, 0) is 12.3 Å². The first-order chi connectivity index (χ1) is 11.9. The molecule has 0 aliphatic rings. The number of hydrogen-bond donors (Lipinski definition) is 1. The molecule has 2 N–H and O–H groups in total. The van der Waals surface area contributed by atoms with Crippen LogP contribution in [0.1, 0.15) is 5.01 Å². The molecule has 0 aliphatic carbocycles. The number of nitrogens with zero attached hydrogens (tertiary/aromatic N) is 1. The van der Waals surface area contributed by atoms with Gasteiger partial charge in [0.25, 0.3) is 10.1 Å². The molecule has 10 heteroatoms. The van der Waals surface area contributed by atoms with E-state index in [0.717, 1.165) is 15.2 Å². The van der Waals surface area contributed by atoms with Crippen molar-refractivity contribution >= 4 is 49.4 Å². The topological polar surface area (TPSA) is 109 Å². The molecule has 0 radical (unpaired) electrons. The van der Waals surface area contributed by atoms with Crippen LogP contribution in [-0.2, 0) is 21.3 Å². The lowest BCUT2D eigenvalue weighted by Gasteiger charge is -2.23. The second-order valence-electron chi connectivity index (χ2n) is 6.78. The molecule has 2 aromatic rings. The lowest BCUT2D eigenvalue weighted by Crippen LogP contribution is -2.45. The number of carbonyl (C=O) groups is 1. The van der Waals surface area contributed by atoms with Crippen molar-refractivity contribution in [3.63, 3.8) is 0 Å². The maximum atomic E-state index is 10.9. The monoisotopic (exact) mass is 421 g/mol. The summed E-state index contributed by atoms with van der Waals surface area (Å²) in [4.78, 5) is 13.2. The zero-order valence-electron chi connectivity index (χ0n) is 15.3. The third kappa shape index (κ3) is 9.48. The highest BCUT2D eigenvalue weighted by atomic mass is 32.2. The number of nitrogens with one attached hydrogen (secondary N) is 1. The van der Waals surface area contributed by atoms with E-state index in [1.165, 1.54) is 11.8 Å². The normalized spacial score (nSPS) is 13.1. The number of benzene rings is 1. The summed E-state index contributed by atoms with van der Waals surface area (Å²) in [6.45, 7) is 0.0694. The van der Waals surface area contributed by atoms with E-state index >= 15 is 0 Å². The number of H-pyrrole nitrogens is 1. The van der Waals surface area contributed by atoms with Crippen LogP contribution >= 0.6 is 23.1 Å². The number of hydrogen-bond acceptors (Lipinski definition) is 6. The first-order valence-corrected chi connectivity index (χ1v) is 11.5. The van der Waals surface area contributed by atoms with Gasteiger partial charge in [0.15, 0.2) is 0 Å². The van der Waals surface area contributed by atoms with Gasteiger partial charge in [-0.15, -0.1) is 0 Å². The van der Waals surface area contributed by atoms with Gasteiger partial charge in [-0.25, -0.2) is 0 Å². The molecule has 0 aliphatic heterocycles. The fourth-order valence-electron chi connectivity index (χ4n) is 2.10. The summed E-state index contributed by atoms with van der Waals surface area (Å²) in [5, 5.41) is 10.8. The van der Waals surface area contributed by atoms with Crippen molar-refractivity contribution in [1.29, 1.82) is 0 Å². The number of aromatic nitrogens is 1. The number of thiazole rings is 1. The van der Waals surface area contributed by atoms with Gasteiger partial charge in [0.05, 0.1) is 39.3 Å². The van der Waals surface area contributed by atoms with Crippen molar-refractivity contribution in [3.05, 3.63) is 29.3 Å². The smallest absolute Gasteiger partial charge is 0.265 e. The minimum Gasteiger partial charge on any atom is -0.544 e. The Bertz CT molecular complexity index is 795. The average Bonchev–Trinajstić information content (AvgIpc) is 2.85. The van der Waals surface area contributed by atoms with Crippen molar-refractivity contribution < 1.29 is 32.3 Å². The van der Waals surface area contributed by atoms with Crippen LogP contribution in [0.25, 0.3) is 10.2 Å². The van der Waals surface area contributed by atoms with E-state index in [0.29, 0.717) is 10.9 Å². The second-order valence-corrected chi connectivity index (χ2v) is 10.5. The Hall–Kier alpha value is -1.20. The van der Waals surface area contributed by atoms with Gasteiger partial charge in [0, 0.05) is 11.3 Å². The van der Waals surface area contributed by atoms with Crippen LogP contribution in [0.15, 0.2) is 24.3 Å². The Balaban J connectivity index is 0.000000359. The molecule has 0 saturated carbocycles. The maximum Gasteiger partial charge on any atom is 0.265 e. The molecule has 0 bridgehead atoms. The van der Waals surface area contributed by atoms with Gasteiger partial charge in [-0.1, -0.05) is 23.5 Å². The molecule has 0 saturated heterocycles. The summed E-state index contributed by atoms with van der Waals surface area (Å²) in [6.07, 6.45) is 2.46.